The van der Waals surface area contributed by atoms with E-state index in [1.165, 1.54) is 27.1 Å². The van der Waals surface area contributed by atoms with Gasteiger partial charge in [-0.15, -0.1) is 7.05 Å². The van der Waals surface area contributed by atoms with E-state index in [2.05, 4.69) is 64.9 Å². The van der Waals surface area contributed by atoms with E-state index in [-0.39, 0.29) is 18.6 Å². The molecule has 0 aliphatic rings. The fourth-order valence-corrected chi connectivity index (χ4v) is 6.28. The summed E-state index contributed by atoms with van der Waals surface area (Å²) in [4.78, 5) is 4.23. The summed E-state index contributed by atoms with van der Waals surface area (Å²) >= 11 is 5.63. The molecule has 0 unspecified atom stereocenters. The molecule has 0 atom stereocenters. The Kier molecular flexibility index (Phi) is 6.87. The fourth-order valence-electron chi connectivity index (χ4n) is 5.92. The van der Waals surface area contributed by atoms with Crippen LogP contribution >= 0.6 is 0 Å². The van der Waals surface area contributed by atoms with Gasteiger partial charge in [0.1, 0.15) is 22.3 Å². The van der Waals surface area contributed by atoms with E-state index in [4.69, 9.17) is 21.5 Å². The molecule has 0 aliphatic carbocycles. The molecule has 0 amide bonds. The van der Waals surface area contributed by atoms with E-state index in [9.17, 15) is 0 Å². The molecule has 0 spiro atoms. The molecule has 6 aromatic carbocycles. The van der Waals surface area contributed by atoms with Crippen LogP contribution in [0.15, 0.2) is 135 Å². The number of aromatic nitrogens is 1. The maximum absolute atomic E-state index is 6.11. The molecule has 9 aromatic rings. The maximum Gasteiger partial charge on any atom is 2.00 e. The van der Waals surface area contributed by atoms with E-state index < -0.39 is 0 Å². The molecule has 4 nitrogen and oxygen atoms in total. The van der Waals surface area contributed by atoms with E-state index in [1.807, 2.05) is 66.7 Å². The number of hydrogen-bond acceptors (Lipinski definition) is 3. The Balaban J connectivity index is 0.000000137. The number of para-hydroxylation sites is 3. The van der Waals surface area contributed by atoms with Gasteiger partial charge in [0.25, 0.3) is 0 Å². The largest absolute Gasteiger partial charge is 2.00 e. The number of rotatable bonds is 2. The van der Waals surface area contributed by atoms with Crippen LogP contribution in [0.1, 0.15) is 0 Å². The van der Waals surface area contributed by atoms with Crippen molar-refractivity contribution < 1.29 is 27.4 Å². The number of hydrogen-bond donors (Lipinski definition) is 1. The van der Waals surface area contributed by atoms with Gasteiger partial charge in [-0.25, -0.2) is 0 Å². The Hall–Kier alpha value is -4.68. The summed E-state index contributed by atoms with van der Waals surface area (Å²) in [6.07, 6.45) is 0. The average Bonchev–Trinajstić information content (AvgIpc) is 3.72. The predicted molar refractivity (Wildman–Crippen MR) is 177 cm³/mol. The predicted octanol–water partition coefficient (Wildman–Crippen LogP) is 11.0. The minimum absolute atomic E-state index is 0. The van der Waals surface area contributed by atoms with Crippen molar-refractivity contribution >= 4 is 84.0 Å². The first-order valence-corrected chi connectivity index (χ1v) is 14.2. The number of furan rings is 2. The molecular formula is C37H24N2O2SV. The standard InChI is InChI=1S/C19H14NOS.C18H11NO.V/c1-20-15-11-14(12-7-3-2-4-8-12)18-17(19(15)22)13-9-5-6-10-16(13)21-18;1-3-7-15-11(5-1)13-10-18-14(9-16(13)19-15)12-6-2-4-8-17(12)20-18;/h2-11,22H,1H3;1-10,19H;/q-1;;+2/p-1. The molecule has 0 fully saturated rings. The summed E-state index contributed by atoms with van der Waals surface area (Å²) in [5.41, 5.74) is 8.87. The normalized spacial score (nSPS) is 11.3. The van der Waals surface area contributed by atoms with E-state index >= 15 is 0 Å². The number of H-pyrrole nitrogens is 1. The molecular weight excluding hydrogens is 587 g/mol. The van der Waals surface area contributed by atoms with E-state index in [1.54, 1.807) is 7.05 Å². The van der Waals surface area contributed by atoms with Crippen molar-refractivity contribution in [3.8, 4) is 11.1 Å². The number of nitrogens with one attached hydrogen (secondary N) is 1. The molecule has 0 saturated heterocycles. The molecule has 1 radical (unpaired) electrons. The van der Waals surface area contributed by atoms with Crippen LogP contribution in [0.3, 0.4) is 0 Å². The topological polar surface area (TPSA) is 56.2 Å². The smallest absolute Gasteiger partial charge is 0.780 e. The van der Waals surface area contributed by atoms with Crippen molar-refractivity contribution in [3.05, 3.63) is 127 Å². The summed E-state index contributed by atoms with van der Waals surface area (Å²) in [6.45, 7) is 0. The summed E-state index contributed by atoms with van der Waals surface area (Å²) in [7, 11) is 1.77. The van der Waals surface area contributed by atoms with Gasteiger partial charge in [-0.1, -0.05) is 91.0 Å². The SMILES string of the molecule is C[N-]c1cc(-c2ccccc2)c2oc3ccccc3c2c1[S-].[V+2].c1ccc2c(c1)[nH]c1cc3c(cc12)oc1ccccc13. The third kappa shape index (κ3) is 4.45. The van der Waals surface area contributed by atoms with Gasteiger partial charge in [-0.05, 0) is 35.9 Å². The monoisotopic (exact) mass is 611 g/mol. The molecule has 43 heavy (non-hydrogen) atoms. The van der Waals surface area contributed by atoms with E-state index in [0.29, 0.717) is 0 Å². The molecule has 0 saturated carbocycles. The Morgan fingerprint density at radius 1 is 0.581 bits per heavy atom. The summed E-state index contributed by atoms with van der Waals surface area (Å²) < 4.78 is 12.1. The van der Waals surface area contributed by atoms with Crippen LogP contribution < -0.4 is 0 Å². The number of benzene rings is 6. The molecule has 205 valence electrons. The average molecular weight is 612 g/mol. The molecule has 0 bridgehead atoms. The van der Waals surface area contributed by atoms with Gasteiger partial charge >= 0.3 is 18.6 Å². The van der Waals surface area contributed by atoms with Crippen LogP contribution in [0.5, 0.6) is 0 Å². The van der Waals surface area contributed by atoms with Crippen molar-refractivity contribution in [3.63, 3.8) is 0 Å². The van der Waals surface area contributed by atoms with Gasteiger partial charge in [0, 0.05) is 48.9 Å². The molecule has 3 aromatic heterocycles. The summed E-state index contributed by atoms with van der Waals surface area (Å²) in [6, 6.07) is 41.1. The minimum Gasteiger partial charge on any atom is -0.780 e. The van der Waals surface area contributed by atoms with Crippen LogP contribution in [0.2, 0.25) is 0 Å². The number of aromatic amines is 1. The van der Waals surface area contributed by atoms with Gasteiger partial charge in [-0.3, -0.25) is 0 Å². The van der Waals surface area contributed by atoms with Crippen molar-refractivity contribution in [2.45, 2.75) is 4.90 Å². The quantitative estimate of drug-likeness (QED) is 0.198. The minimum atomic E-state index is 0. The second-order valence-corrected chi connectivity index (χ2v) is 10.7. The molecule has 0 aliphatic heterocycles. The zero-order chi connectivity index (χ0) is 28.2. The van der Waals surface area contributed by atoms with Gasteiger partial charge in [0.05, 0.1) is 0 Å². The van der Waals surface area contributed by atoms with Gasteiger partial charge in [0.2, 0.25) is 0 Å². The first-order valence-electron chi connectivity index (χ1n) is 13.8. The number of fused-ring (bicyclic) bond motifs is 9. The maximum atomic E-state index is 6.11. The van der Waals surface area contributed by atoms with Gasteiger partial charge in [0.15, 0.2) is 0 Å². The summed E-state index contributed by atoms with van der Waals surface area (Å²) in [5.74, 6) is 0. The third-order valence-electron chi connectivity index (χ3n) is 7.91. The molecule has 1 N–H and O–H groups in total. The fraction of sp³-hybridized carbons (Fsp3) is 0.0270. The Morgan fingerprint density at radius 3 is 2.00 bits per heavy atom. The second kappa shape index (κ2) is 10.9. The first kappa shape index (κ1) is 27.2. The Bertz CT molecular complexity index is 2330. The summed E-state index contributed by atoms with van der Waals surface area (Å²) in [5, 5.41) is 11.2. The first-order chi connectivity index (χ1) is 20.7. The van der Waals surface area contributed by atoms with Crippen molar-refractivity contribution in [1.29, 1.82) is 0 Å². The van der Waals surface area contributed by atoms with E-state index in [0.717, 1.165) is 60.3 Å². The number of nitrogens with zero attached hydrogens (tertiary/aromatic N) is 1. The molecule has 6 heteroatoms. The van der Waals surface area contributed by atoms with Crippen LogP contribution in [-0.4, -0.2) is 12.0 Å². The van der Waals surface area contributed by atoms with Crippen LogP contribution in [-0.2, 0) is 31.2 Å². The van der Waals surface area contributed by atoms with Crippen molar-refractivity contribution in [2.24, 2.45) is 0 Å². The van der Waals surface area contributed by atoms with Crippen LogP contribution in [0.4, 0.5) is 5.69 Å². The zero-order valence-corrected chi connectivity index (χ0v) is 25.4. The van der Waals surface area contributed by atoms with Gasteiger partial charge in [-0.2, -0.15) is 10.6 Å². The Labute approximate surface area is 265 Å². The van der Waals surface area contributed by atoms with Crippen molar-refractivity contribution in [2.75, 3.05) is 7.05 Å². The van der Waals surface area contributed by atoms with Gasteiger partial charge < -0.3 is 31.8 Å². The second-order valence-electron chi connectivity index (χ2n) is 10.3. The third-order valence-corrected chi connectivity index (χ3v) is 8.32. The van der Waals surface area contributed by atoms with Crippen molar-refractivity contribution in [1.82, 2.24) is 4.98 Å². The Morgan fingerprint density at radius 2 is 1.23 bits per heavy atom. The van der Waals surface area contributed by atoms with Crippen LogP contribution in [0, 0.1) is 0 Å². The molecule has 3 heterocycles. The zero-order valence-electron chi connectivity index (χ0n) is 23.2. The van der Waals surface area contributed by atoms with Crippen LogP contribution in [0.25, 0.3) is 82.1 Å². The molecule has 9 rings (SSSR count).